The molecule has 3 atom stereocenters. The molecule has 0 bridgehead atoms. The van der Waals surface area contributed by atoms with Crippen LogP contribution in [-0.4, -0.2) is 71.8 Å². The molecule has 0 saturated carbocycles. The van der Waals surface area contributed by atoms with Crippen LogP contribution in [0.2, 0.25) is 0 Å². The molecule has 3 heterocycles. The van der Waals surface area contributed by atoms with Crippen molar-refractivity contribution in [3.8, 4) is 5.75 Å². The quantitative estimate of drug-likeness (QED) is 0.757. The van der Waals surface area contributed by atoms with Crippen LogP contribution in [0, 0.1) is 5.92 Å². The zero-order valence-corrected chi connectivity index (χ0v) is 17.7. The lowest BCUT2D eigenvalue weighted by molar-refractivity contribution is -0.141. The second kappa shape index (κ2) is 8.44. The number of carbonyl (C=O) groups is 2. The monoisotopic (exact) mass is 408 g/mol. The number of aromatic nitrogens is 1. The molecule has 0 spiro atoms. The fourth-order valence-corrected chi connectivity index (χ4v) is 4.75. The Balaban J connectivity index is 1.61. The summed E-state index contributed by atoms with van der Waals surface area (Å²) in [6.45, 7) is 1.79. The summed E-state index contributed by atoms with van der Waals surface area (Å²) >= 11 is 0. The Morgan fingerprint density at radius 1 is 1.23 bits per heavy atom. The van der Waals surface area contributed by atoms with Crippen LogP contribution in [-0.2, 0) is 16.1 Å². The Morgan fingerprint density at radius 3 is 2.63 bits per heavy atom. The Labute approximate surface area is 177 Å². The average molecular weight is 409 g/mol. The van der Waals surface area contributed by atoms with Gasteiger partial charge in [0.05, 0.1) is 25.6 Å². The largest absolute Gasteiger partial charge is 0.497 e. The topological polar surface area (TPSA) is 66.0 Å². The average Bonchev–Trinajstić information content (AvgIpc) is 3.13. The maximum Gasteiger partial charge on any atom is 0.237 e. The predicted molar refractivity (Wildman–Crippen MR) is 113 cm³/mol. The van der Waals surface area contributed by atoms with E-state index < -0.39 is 0 Å². The van der Waals surface area contributed by atoms with Crippen LogP contribution >= 0.6 is 0 Å². The van der Waals surface area contributed by atoms with Crippen LogP contribution in [0.25, 0.3) is 0 Å². The maximum atomic E-state index is 13.2. The van der Waals surface area contributed by atoms with E-state index in [1.54, 1.807) is 32.3 Å². The second-order valence-corrected chi connectivity index (χ2v) is 8.28. The van der Waals surface area contributed by atoms with Crippen molar-refractivity contribution >= 4 is 11.8 Å². The number of piperazine rings is 1. The van der Waals surface area contributed by atoms with Crippen molar-refractivity contribution in [3.05, 3.63) is 59.9 Å². The van der Waals surface area contributed by atoms with E-state index in [4.69, 9.17) is 4.74 Å². The third-order valence-electron chi connectivity index (χ3n) is 6.06. The van der Waals surface area contributed by atoms with Crippen molar-refractivity contribution in [1.82, 2.24) is 19.7 Å². The molecule has 2 aromatic rings. The summed E-state index contributed by atoms with van der Waals surface area (Å²) in [5.41, 5.74) is 2.07. The van der Waals surface area contributed by atoms with Crippen LogP contribution in [0.4, 0.5) is 0 Å². The number of amides is 2. The van der Waals surface area contributed by atoms with Gasteiger partial charge in [0.15, 0.2) is 0 Å². The van der Waals surface area contributed by atoms with Gasteiger partial charge < -0.3 is 14.5 Å². The van der Waals surface area contributed by atoms with E-state index in [2.05, 4.69) is 9.88 Å². The molecule has 1 aromatic heterocycles. The number of nitrogens with zero attached hydrogens (tertiary/aromatic N) is 4. The Kier molecular flexibility index (Phi) is 5.72. The van der Waals surface area contributed by atoms with Gasteiger partial charge in [-0.25, -0.2) is 0 Å². The molecule has 7 heteroatoms. The Bertz CT molecular complexity index is 900. The summed E-state index contributed by atoms with van der Waals surface area (Å²) in [6.07, 6.45) is 4.26. The van der Waals surface area contributed by atoms with Crippen molar-refractivity contribution < 1.29 is 14.3 Å². The standard InChI is InChI=1S/C23H28N4O3/c1-25(2)23(29)20-11-18-14-26(13-16-5-4-10-24-12-16)15-21(28)27(18)22(20)17-6-8-19(30-3)9-7-17/h4-10,12,18,20,22H,11,13-15H2,1-3H3/t18-,20-,22-/m1/s1. The number of benzene rings is 1. The third kappa shape index (κ3) is 3.89. The van der Waals surface area contributed by atoms with Crippen LogP contribution < -0.4 is 4.74 Å². The van der Waals surface area contributed by atoms with E-state index >= 15 is 0 Å². The smallest absolute Gasteiger partial charge is 0.237 e. The second-order valence-electron chi connectivity index (χ2n) is 8.28. The molecule has 1 aromatic carbocycles. The fraction of sp³-hybridized carbons (Fsp3) is 0.435. The van der Waals surface area contributed by atoms with Gasteiger partial charge in [0.25, 0.3) is 0 Å². The molecule has 2 aliphatic rings. The number of hydrogen-bond acceptors (Lipinski definition) is 5. The van der Waals surface area contributed by atoms with Crippen LogP contribution in [0.1, 0.15) is 23.6 Å². The number of carbonyl (C=O) groups excluding carboxylic acids is 2. The molecule has 0 unspecified atom stereocenters. The highest BCUT2D eigenvalue weighted by Gasteiger charge is 2.50. The molecule has 30 heavy (non-hydrogen) atoms. The number of ether oxygens (including phenoxy) is 1. The molecule has 2 aliphatic heterocycles. The van der Waals surface area contributed by atoms with E-state index in [0.717, 1.165) is 23.4 Å². The number of fused-ring (bicyclic) bond motifs is 1. The maximum absolute atomic E-state index is 13.2. The summed E-state index contributed by atoms with van der Waals surface area (Å²) < 4.78 is 5.28. The molecule has 0 radical (unpaired) electrons. The lowest BCUT2D eigenvalue weighted by Gasteiger charge is -2.40. The van der Waals surface area contributed by atoms with Gasteiger partial charge in [-0.3, -0.25) is 19.5 Å². The highest BCUT2D eigenvalue weighted by molar-refractivity contribution is 5.85. The number of pyridine rings is 1. The summed E-state index contributed by atoms with van der Waals surface area (Å²) in [5, 5.41) is 0. The SMILES string of the molecule is COc1ccc([C@@H]2[C@H](C(=O)N(C)C)C[C@@H]3CN(Cc4cccnc4)CC(=O)N32)cc1. The summed E-state index contributed by atoms with van der Waals surface area (Å²) in [4.78, 5) is 36.2. The Morgan fingerprint density at radius 2 is 2.00 bits per heavy atom. The van der Waals surface area contributed by atoms with Crippen molar-refractivity contribution in [2.24, 2.45) is 5.92 Å². The Hall–Kier alpha value is -2.93. The van der Waals surface area contributed by atoms with E-state index in [0.29, 0.717) is 19.5 Å². The van der Waals surface area contributed by atoms with Gasteiger partial charge in [-0.2, -0.15) is 0 Å². The van der Waals surface area contributed by atoms with Crippen LogP contribution in [0.3, 0.4) is 0 Å². The highest BCUT2D eigenvalue weighted by atomic mass is 16.5. The molecule has 7 nitrogen and oxygen atoms in total. The van der Waals surface area contributed by atoms with Gasteiger partial charge in [0.2, 0.25) is 11.8 Å². The van der Waals surface area contributed by atoms with Gasteiger partial charge in [0, 0.05) is 45.6 Å². The lowest BCUT2D eigenvalue weighted by atomic mass is 9.92. The predicted octanol–water partition coefficient (Wildman–Crippen LogP) is 1.95. The minimum absolute atomic E-state index is 0.0175. The van der Waals surface area contributed by atoms with Crippen molar-refractivity contribution in [3.63, 3.8) is 0 Å². The summed E-state index contributed by atoms with van der Waals surface area (Å²) in [7, 11) is 5.19. The van der Waals surface area contributed by atoms with Gasteiger partial charge in [-0.05, 0) is 35.7 Å². The van der Waals surface area contributed by atoms with Crippen molar-refractivity contribution in [1.29, 1.82) is 0 Å². The molecule has 158 valence electrons. The van der Waals surface area contributed by atoms with E-state index in [1.165, 1.54) is 0 Å². The third-order valence-corrected chi connectivity index (χ3v) is 6.06. The molecule has 0 N–H and O–H groups in total. The molecule has 0 aliphatic carbocycles. The zero-order chi connectivity index (χ0) is 21.3. The van der Waals surface area contributed by atoms with E-state index in [9.17, 15) is 9.59 Å². The van der Waals surface area contributed by atoms with Crippen LogP contribution in [0.5, 0.6) is 5.75 Å². The van der Waals surface area contributed by atoms with E-state index in [-0.39, 0.29) is 29.8 Å². The fourth-order valence-electron chi connectivity index (χ4n) is 4.75. The highest BCUT2D eigenvalue weighted by Crippen LogP contribution is 2.44. The molecular formula is C23H28N4O3. The first-order valence-electron chi connectivity index (χ1n) is 10.3. The zero-order valence-electron chi connectivity index (χ0n) is 17.7. The van der Waals surface area contributed by atoms with Gasteiger partial charge in [-0.15, -0.1) is 0 Å². The number of hydrogen-bond donors (Lipinski definition) is 0. The first kappa shape index (κ1) is 20.3. The van der Waals surface area contributed by atoms with Gasteiger partial charge in [-0.1, -0.05) is 18.2 Å². The van der Waals surface area contributed by atoms with Crippen molar-refractivity contribution in [2.45, 2.75) is 25.0 Å². The molecule has 2 saturated heterocycles. The number of rotatable bonds is 5. The van der Waals surface area contributed by atoms with Crippen molar-refractivity contribution in [2.75, 3.05) is 34.3 Å². The first-order valence-corrected chi connectivity index (χ1v) is 10.3. The van der Waals surface area contributed by atoms with E-state index in [1.807, 2.05) is 47.5 Å². The molecule has 4 rings (SSSR count). The molecule has 2 fully saturated rings. The summed E-state index contributed by atoms with van der Waals surface area (Å²) in [5.74, 6) is 0.652. The minimum Gasteiger partial charge on any atom is -0.497 e. The van der Waals surface area contributed by atoms with Crippen LogP contribution in [0.15, 0.2) is 48.8 Å². The first-order chi connectivity index (χ1) is 14.5. The normalized spacial score (nSPS) is 23.9. The number of methoxy groups -OCH3 is 1. The van der Waals surface area contributed by atoms with Gasteiger partial charge >= 0.3 is 0 Å². The molecular weight excluding hydrogens is 380 g/mol. The minimum atomic E-state index is -0.249. The lowest BCUT2D eigenvalue weighted by Crippen LogP contribution is -2.54. The van der Waals surface area contributed by atoms with Gasteiger partial charge in [0.1, 0.15) is 5.75 Å². The summed E-state index contributed by atoms with van der Waals surface area (Å²) in [6, 6.07) is 11.4. The molecule has 2 amide bonds.